The van der Waals surface area contributed by atoms with E-state index in [1.165, 1.54) is 0 Å². The maximum atomic E-state index is 14.2. The van der Waals surface area contributed by atoms with Crippen molar-refractivity contribution in [3.05, 3.63) is 29.6 Å². The molecule has 1 aromatic carbocycles. The average molecular weight is 280 g/mol. The van der Waals surface area contributed by atoms with Gasteiger partial charge in [-0.15, -0.1) is 0 Å². The van der Waals surface area contributed by atoms with Gasteiger partial charge in [-0.1, -0.05) is 19.9 Å². The predicted molar refractivity (Wildman–Crippen MR) is 80.6 cm³/mol. The number of nitrogens with zero attached hydrogens (tertiary/aromatic N) is 1. The highest BCUT2D eigenvalue weighted by molar-refractivity contribution is 5.49. The van der Waals surface area contributed by atoms with Crippen LogP contribution in [0.25, 0.3) is 0 Å². The first-order valence-corrected chi connectivity index (χ1v) is 7.37. The lowest BCUT2D eigenvalue weighted by molar-refractivity contribution is 0.193. The lowest BCUT2D eigenvalue weighted by atomic mass is 10.1. The van der Waals surface area contributed by atoms with Crippen molar-refractivity contribution in [3.63, 3.8) is 0 Å². The first kappa shape index (κ1) is 15.3. The molecule has 1 aliphatic rings. The Labute approximate surface area is 121 Å². The maximum absolute atomic E-state index is 14.2. The Morgan fingerprint density at radius 3 is 2.85 bits per heavy atom. The van der Waals surface area contributed by atoms with Crippen molar-refractivity contribution < 1.29 is 9.13 Å². The maximum Gasteiger partial charge on any atom is 0.146 e. The third-order valence-corrected chi connectivity index (χ3v) is 3.73. The van der Waals surface area contributed by atoms with Gasteiger partial charge in [0.2, 0.25) is 0 Å². The SMILES string of the molecule is CC(C)CNCc1ccc(N(C)C2CCOC2)c(F)c1. The Bertz CT molecular complexity index is 430. The van der Waals surface area contributed by atoms with Crippen LogP contribution in [0.1, 0.15) is 25.8 Å². The summed E-state index contributed by atoms with van der Waals surface area (Å²) < 4.78 is 19.6. The number of likely N-dealkylation sites (N-methyl/N-ethyl adjacent to an activating group) is 1. The summed E-state index contributed by atoms with van der Waals surface area (Å²) in [7, 11) is 1.94. The fourth-order valence-electron chi connectivity index (χ4n) is 2.48. The Kier molecular flexibility index (Phi) is 5.38. The molecule has 0 amide bonds. The standard InChI is InChI=1S/C16H25FN2O/c1-12(2)9-18-10-13-4-5-16(15(17)8-13)19(3)14-6-7-20-11-14/h4-5,8,12,14,18H,6-7,9-11H2,1-3H3. The summed E-state index contributed by atoms with van der Waals surface area (Å²) in [5, 5.41) is 3.33. The van der Waals surface area contributed by atoms with Crippen LogP contribution in [0.15, 0.2) is 18.2 Å². The zero-order valence-corrected chi connectivity index (χ0v) is 12.7. The van der Waals surface area contributed by atoms with E-state index in [0.29, 0.717) is 24.8 Å². The van der Waals surface area contributed by atoms with Crippen LogP contribution in [-0.4, -0.2) is 32.8 Å². The second-order valence-corrected chi connectivity index (χ2v) is 5.94. The highest BCUT2D eigenvalue weighted by atomic mass is 19.1. The lowest BCUT2D eigenvalue weighted by Gasteiger charge is -2.26. The summed E-state index contributed by atoms with van der Waals surface area (Å²) >= 11 is 0. The molecule has 112 valence electrons. The number of hydrogen-bond donors (Lipinski definition) is 1. The van der Waals surface area contributed by atoms with Crippen LogP contribution in [0.3, 0.4) is 0 Å². The molecule has 0 saturated carbocycles. The first-order chi connectivity index (χ1) is 9.58. The molecule has 1 aromatic rings. The molecule has 0 aliphatic carbocycles. The topological polar surface area (TPSA) is 24.5 Å². The largest absolute Gasteiger partial charge is 0.379 e. The Morgan fingerprint density at radius 2 is 2.25 bits per heavy atom. The first-order valence-electron chi connectivity index (χ1n) is 7.37. The summed E-state index contributed by atoms with van der Waals surface area (Å²) in [6.07, 6.45) is 0.966. The molecule has 1 aliphatic heterocycles. The van der Waals surface area contributed by atoms with Gasteiger partial charge in [0.05, 0.1) is 18.3 Å². The Morgan fingerprint density at radius 1 is 1.45 bits per heavy atom. The van der Waals surface area contributed by atoms with E-state index in [4.69, 9.17) is 4.74 Å². The Hall–Kier alpha value is -1.13. The highest BCUT2D eigenvalue weighted by Gasteiger charge is 2.22. The minimum atomic E-state index is -0.150. The fourth-order valence-corrected chi connectivity index (χ4v) is 2.48. The molecule has 1 fully saturated rings. The predicted octanol–water partition coefficient (Wildman–Crippen LogP) is 2.80. The molecule has 3 nitrogen and oxygen atoms in total. The number of anilines is 1. The Balaban J connectivity index is 1.98. The van der Waals surface area contributed by atoms with Crippen LogP contribution in [0.4, 0.5) is 10.1 Å². The van der Waals surface area contributed by atoms with E-state index < -0.39 is 0 Å². The van der Waals surface area contributed by atoms with Gasteiger partial charge in [0.15, 0.2) is 0 Å². The molecule has 20 heavy (non-hydrogen) atoms. The number of nitrogens with one attached hydrogen (secondary N) is 1. The van der Waals surface area contributed by atoms with Gasteiger partial charge in [-0.3, -0.25) is 0 Å². The molecule has 1 heterocycles. The third kappa shape index (κ3) is 3.93. The van der Waals surface area contributed by atoms with Crippen molar-refractivity contribution in [1.29, 1.82) is 0 Å². The lowest BCUT2D eigenvalue weighted by Crippen LogP contribution is -2.32. The second-order valence-electron chi connectivity index (χ2n) is 5.94. The molecule has 0 aromatic heterocycles. The van der Waals surface area contributed by atoms with E-state index in [0.717, 1.165) is 25.1 Å². The number of ether oxygens (including phenoxy) is 1. The van der Waals surface area contributed by atoms with Gasteiger partial charge in [-0.25, -0.2) is 4.39 Å². The van der Waals surface area contributed by atoms with Gasteiger partial charge in [0.1, 0.15) is 5.82 Å². The molecule has 4 heteroatoms. The van der Waals surface area contributed by atoms with Crippen molar-refractivity contribution in [2.75, 3.05) is 31.7 Å². The molecule has 1 saturated heterocycles. The van der Waals surface area contributed by atoms with E-state index in [-0.39, 0.29) is 11.9 Å². The molecule has 0 radical (unpaired) electrons. The molecule has 0 bridgehead atoms. The van der Waals surface area contributed by atoms with Gasteiger partial charge in [0, 0.05) is 20.2 Å². The number of benzene rings is 1. The monoisotopic (exact) mass is 280 g/mol. The van der Waals surface area contributed by atoms with Gasteiger partial charge in [-0.05, 0) is 36.6 Å². The molecular formula is C16H25FN2O. The van der Waals surface area contributed by atoms with Crippen molar-refractivity contribution in [2.24, 2.45) is 5.92 Å². The van der Waals surface area contributed by atoms with Crippen LogP contribution in [0.5, 0.6) is 0 Å². The minimum Gasteiger partial charge on any atom is -0.379 e. The second kappa shape index (κ2) is 7.04. The van der Waals surface area contributed by atoms with Gasteiger partial charge < -0.3 is 15.0 Å². The zero-order chi connectivity index (χ0) is 14.5. The van der Waals surface area contributed by atoms with E-state index in [1.807, 2.05) is 24.1 Å². The summed E-state index contributed by atoms with van der Waals surface area (Å²) in [5.74, 6) is 0.455. The molecule has 0 spiro atoms. The number of rotatable bonds is 6. The molecule has 1 atom stereocenters. The quantitative estimate of drug-likeness (QED) is 0.867. The van der Waals surface area contributed by atoms with Gasteiger partial charge in [-0.2, -0.15) is 0 Å². The summed E-state index contributed by atoms with van der Waals surface area (Å²) in [6.45, 7) is 7.44. The summed E-state index contributed by atoms with van der Waals surface area (Å²) in [5.41, 5.74) is 1.65. The van der Waals surface area contributed by atoms with E-state index in [9.17, 15) is 4.39 Å². The highest BCUT2D eigenvalue weighted by Crippen LogP contribution is 2.24. The third-order valence-electron chi connectivity index (χ3n) is 3.73. The molecule has 1 unspecified atom stereocenters. The van der Waals surface area contributed by atoms with Crippen molar-refractivity contribution in [3.8, 4) is 0 Å². The number of halogens is 1. The summed E-state index contributed by atoms with van der Waals surface area (Å²) in [6, 6.07) is 5.79. The smallest absolute Gasteiger partial charge is 0.146 e. The van der Waals surface area contributed by atoms with Crippen LogP contribution in [0, 0.1) is 11.7 Å². The molecule has 1 N–H and O–H groups in total. The summed E-state index contributed by atoms with van der Waals surface area (Å²) in [4.78, 5) is 1.99. The van der Waals surface area contributed by atoms with Gasteiger partial charge in [0.25, 0.3) is 0 Å². The van der Waals surface area contributed by atoms with Crippen LogP contribution in [-0.2, 0) is 11.3 Å². The molecular weight excluding hydrogens is 255 g/mol. The normalized spacial score (nSPS) is 18.8. The zero-order valence-electron chi connectivity index (χ0n) is 12.7. The fraction of sp³-hybridized carbons (Fsp3) is 0.625. The van der Waals surface area contributed by atoms with E-state index in [1.54, 1.807) is 6.07 Å². The van der Waals surface area contributed by atoms with Crippen LogP contribution < -0.4 is 10.2 Å². The molecule has 2 rings (SSSR count). The number of hydrogen-bond acceptors (Lipinski definition) is 3. The van der Waals surface area contributed by atoms with Crippen LogP contribution >= 0.6 is 0 Å². The average Bonchev–Trinajstić information content (AvgIpc) is 2.91. The van der Waals surface area contributed by atoms with Crippen molar-refractivity contribution >= 4 is 5.69 Å². The van der Waals surface area contributed by atoms with Crippen molar-refractivity contribution in [2.45, 2.75) is 32.9 Å². The van der Waals surface area contributed by atoms with E-state index in [2.05, 4.69) is 19.2 Å². The van der Waals surface area contributed by atoms with Crippen LogP contribution in [0.2, 0.25) is 0 Å². The van der Waals surface area contributed by atoms with Gasteiger partial charge >= 0.3 is 0 Å². The van der Waals surface area contributed by atoms with Crippen molar-refractivity contribution in [1.82, 2.24) is 5.32 Å². The minimum absolute atomic E-state index is 0.150. The van der Waals surface area contributed by atoms with E-state index >= 15 is 0 Å².